The highest BCUT2D eigenvalue weighted by atomic mass is 14.7. The fourth-order valence-electron chi connectivity index (χ4n) is 5.01. The molecule has 2 unspecified atom stereocenters. The van der Waals surface area contributed by atoms with E-state index in [1.165, 1.54) is 38.2 Å². The maximum atomic E-state index is 6.55. The molecule has 28 heavy (non-hydrogen) atoms. The van der Waals surface area contributed by atoms with Crippen molar-refractivity contribution in [2.75, 3.05) is 0 Å². The average molecular weight is 360 g/mol. The lowest BCUT2D eigenvalue weighted by atomic mass is 9.77. The Morgan fingerprint density at radius 1 is 0.679 bits per heavy atom. The van der Waals surface area contributed by atoms with Crippen LogP contribution >= 0.6 is 0 Å². The van der Waals surface area contributed by atoms with Gasteiger partial charge in [0.05, 0.1) is 6.04 Å². The summed E-state index contributed by atoms with van der Waals surface area (Å²) in [5.74, 6) is 0.173. The molecule has 0 radical (unpaired) electrons. The lowest BCUT2D eigenvalue weighted by molar-refractivity contribution is 0.910. The highest BCUT2D eigenvalue weighted by Gasteiger charge is 2.26. The summed E-state index contributed by atoms with van der Waals surface area (Å²) in [6, 6.07) is 23.7. The van der Waals surface area contributed by atoms with Gasteiger partial charge in [0, 0.05) is 17.2 Å². The topological polar surface area (TPSA) is 52.0 Å². The first-order chi connectivity index (χ1) is 13.7. The van der Waals surface area contributed by atoms with E-state index >= 15 is 0 Å². The predicted octanol–water partition coefficient (Wildman–Crippen LogP) is 5.46. The van der Waals surface area contributed by atoms with Crippen LogP contribution in [0.1, 0.15) is 39.8 Å². The van der Waals surface area contributed by atoms with Gasteiger partial charge in [0.1, 0.15) is 0 Å². The van der Waals surface area contributed by atoms with Crippen molar-refractivity contribution >= 4 is 33.3 Å². The molecule has 0 saturated heterocycles. The van der Waals surface area contributed by atoms with E-state index in [0.29, 0.717) is 0 Å². The standard InChI is InChI=1S/C26H20N2/c27-22-14-23(28)26-20(13-11-17-7-3-9-21(22)25(17)26)18-12-10-16-5-1-4-15-6-2-8-19(18)24(15)16/h1-14,18,22H,27-28H2. The zero-order valence-electron chi connectivity index (χ0n) is 15.4. The molecule has 0 spiro atoms. The highest BCUT2D eigenvalue weighted by Crippen LogP contribution is 2.44. The number of nitrogens with two attached hydrogens (primary N) is 2. The van der Waals surface area contributed by atoms with Gasteiger partial charge in [0.2, 0.25) is 0 Å². The van der Waals surface area contributed by atoms with E-state index in [2.05, 4.69) is 78.9 Å². The molecule has 0 amide bonds. The third-order valence-corrected chi connectivity index (χ3v) is 6.22. The number of rotatable bonds is 1. The van der Waals surface area contributed by atoms with Gasteiger partial charge < -0.3 is 11.5 Å². The van der Waals surface area contributed by atoms with E-state index in [1.54, 1.807) is 0 Å². The first-order valence-electron chi connectivity index (χ1n) is 9.71. The minimum atomic E-state index is -0.155. The average Bonchev–Trinajstić information content (AvgIpc) is 2.72. The molecular formula is C26H20N2. The Morgan fingerprint density at radius 2 is 1.39 bits per heavy atom. The maximum Gasteiger partial charge on any atom is 0.0510 e. The summed E-state index contributed by atoms with van der Waals surface area (Å²) in [6.07, 6.45) is 6.54. The number of allylic oxidation sites excluding steroid dienone is 1. The van der Waals surface area contributed by atoms with E-state index in [9.17, 15) is 0 Å². The molecule has 2 atom stereocenters. The molecule has 0 bridgehead atoms. The van der Waals surface area contributed by atoms with Crippen molar-refractivity contribution in [3.8, 4) is 0 Å². The van der Waals surface area contributed by atoms with Gasteiger partial charge in [-0.15, -0.1) is 0 Å². The number of hydrogen-bond donors (Lipinski definition) is 2. The normalized spacial score (nSPS) is 19.8. The lowest BCUT2D eigenvalue weighted by Crippen LogP contribution is -2.18. The number of hydrogen-bond acceptors (Lipinski definition) is 2. The Balaban J connectivity index is 1.68. The molecule has 0 aromatic heterocycles. The SMILES string of the molecule is NC1=CC(N)c2cccc3ccc(C4C=Cc5cccc6cccc4c56)c1c23. The summed E-state index contributed by atoms with van der Waals surface area (Å²) < 4.78 is 0. The Bertz CT molecular complexity index is 1340. The first kappa shape index (κ1) is 15.7. The van der Waals surface area contributed by atoms with E-state index in [0.717, 1.165) is 16.8 Å². The minimum Gasteiger partial charge on any atom is -0.398 e. The zero-order chi connectivity index (χ0) is 18.8. The van der Waals surface area contributed by atoms with Gasteiger partial charge in [-0.2, -0.15) is 0 Å². The Kier molecular flexibility index (Phi) is 3.12. The van der Waals surface area contributed by atoms with Gasteiger partial charge in [-0.05, 0) is 49.9 Å². The van der Waals surface area contributed by atoms with Crippen LogP contribution in [0.3, 0.4) is 0 Å². The van der Waals surface area contributed by atoms with Gasteiger partial charge in [-0.1, -0.05) is 78.9 Å². The van der Waals surface area contributed by atoms with Crippen molar-refractivity contribution in [1.82, 2.24) is 0 Å². The van der Waals surface area contributed by atoms with E-state index in [-0.39, 0.29) is 12.0 Å². The second-order valence-corrected chi connectivity index (χ2v) is 7.75. The summed E-state index contributed by atoms with van der Waals surface area (Å²) in [5.41, 5.74) is 19.9. The molecule has 0 saturated carbocycles. The van der Waals surface area contributed by atoms with Crippen LogP contribution < -0.4 is 11.5 Å². The molecule has 4 aromatic carbocycles. The Labute approximate surface area is 163 Å². The fourth-order valence-corrected chi connectivity index (χ4v) is 5.01. The van der Waals surface area contributed by atoms with Crippen LogP contribution in [0.25, 0.3) is 33.3 Å². The van der Waals surface area contributed by atoms with Crippen LogP contribution in [0.5, 0.6) is 0 Å². The quantitative estimate of drug-likeness (QED) is 0.473. The maximum absolute atomic E-state index is 6.55. The fraction of sp³-hybridized carbons (Fsp3) is 0.0769. The molecule has 2 nitrogen and oxygen atoms in total. The highest BCUT2D eigenvalue weighted by molar-refractivity contribution is 6.01. The summed E-state index contributed by atoms with van der Waals surface area (Å²) in [6.45, 7) is 0. The van der Waals surface area contributed by atoms with Crippen molar-refractivity contribution in [3.63, 3.8) is 0 Å². The third kappa shape index (κ3) is 2.01. The van der Waals surface area contributed by atoms with Crippen LogP contribution in [-0.2, 0) is 0 Å². The molecule has 4 aromatic rings. The van der Waals surface area contributed by atoms with Gasteiger partial charge in [-0.25, -0.2) is 0 Å². The molecule has 2 aliphatic rings. The van der Waals surface area contributed by atoms with Gasteiger partial charge in [0.15, 0.2) is 0 Å². The largest absolute Gasteiger partial charge is 0.398 e. The van der Waals surface area contributed by atoms with Crippen LogP contribution in [0.4, 0.5) is 0 Å². The molecule has 2 heteroatoms. The Morgan fingerprint density at radius 3 is 2.21 bits per heavy atom. The van der Waals surface area contributed by atoms with Crippen molar-refractivity contribution in [2.24, 2.45) is 11.5 Å². The van der Waals surface area contributed by atoms with Crippen molar-refractivity contribution in [3.05, 3.63) is 107 Å². The van der Waals surface area contributed by atoms with E-state index in [4.69, 9.17) is 11.5 Å². The van der Waals surface area contributed by atoms with Crippen molar-refractivity contribution in [2.45, 2.75) is 12.0 Å². The third-order valence-electron chi connectivity index (χ3n) is 6.22. The summed E-state index contributed by atoms with van der Waals surface area (Å²) in [7, 11) is 0. The van der Waals surface area contributed by atoms with Crippen LogP contribution in [-0.4, -0.2) is 0 Å². The smallest absolute Gasteiger partial charge is 0.0510 e. The van der Waals surface area contributed by atoms with E-state index < -0.39 is 0 Å². The molecule has 0 fully saturated rings. The molecule has 0 aliphatic heterocycles. The van der Waals surface area contributed by atoms with Crippen LogP contribution in [0.2, 0.25) is 0 Å². The zero-order valence-corrected chi connectivity index (χ0v) is 15.4. The van der Waals surface area contributed by atoms with Gasteiger partial charge >= 0.3 is 0 Å². The minimum absolute atomic E-state index is 0.155. The lowest BCUT2D eigenvalue weighted by Gasteiger charge is -2.28. The number of benzene rings is 4. The van der Waals surface area contributed by atoms with Crippen LogP contribution in [0.15, 0.2) is 78.9 Å². The molecule has 0 heterocycles. The van der Waals surface area contributed by atoms with Crippen molar-refractivity contribution < 1.29 is 0 Å². The molecule has 2 aliphatic carbocycles. The monoisotopic (exact) mass is 360 g/mol. The second kappa shape index (κ2) is 5.57. The Hall–Kier alpha value is -3.36. The predicted molar refractivity (Wildman–Crippen MR) is 118 cm³/mol. The molecule has 134 valence electrons. The molecular weight excluding hydrogens is 340 g/mol. The van der Waals surface area contributed by atoms with Gasteiger partial charge in [0.25, 0.3) is 0 Å². The summed E-state index contributed by atoms with van der Waals surface area (Å²) in [5, 5.41) is 5.02. The van der Waals surface area contributed by atoms with Crippen LogP contribution in [0, 0.1) is 0 Å². The van der Waals surface area contributed by atoms with E-state index in [1.807, 2.05) is 6.08 Å². The second-order valence-electron chi connectivity index (χ2n) is 7.75. The van der Waals surface area contributed by atoms with Gasteiger partial charge in [-0.3, -0.25) is 0 Å². The molecule has 4 N–H and O–H groups in total. The first-order valence-corrected chi connectivity index (χ1v) is 9.71. The summed E-state index contributed by atoms with van der Waals surface area (Å²) >= 11 is 0. The summed E-state index contributed by atoms with van der Waals surface area (Å²) in [4.78, 5) is 0. The van der Waals surface area contributed by atoms with Crippen molar-refractivity contribution in [1.29, 1.82) is 0 Å². The molecule has 6 rings (SSSR count).